The number of nitriles is 1. The molecule has 1 heterocycles. The van der Waals surface area contributed by atoms with Crippen LogP contribution in [0.15, 0.2) is 23.6 Å². The van der Waals surface area contributed by atoms with E-state index in [2.05, 4.69) is 5.32 Å². The Morgan fingerprint density at radius 2 is 2.11 bits per heavy atom. The molecule has 0 aliphatic heterocycles. The van der Waals surface area contributed by atoms with Crippen LogP contribution in [0.3, 0.4) is 0 Å². The monoisotopic (exact) mass is 408 g/mol. The van der Waals surface area contributed by atoms with Crippen LogP contribution in [0.4, 0.5) is 5.00 Å². The Labute approximate surface area is 165 Å². The number of esters is 1. The van der Waals surface area contributed by atoms with Gasteiger partial charge in [0.15, 0.2) is 18.1 Å². The number of carbonyl (C=O) groups is 2. The average Bonchev–Trinajstić information content (AvgIpc) is 3.07. The number of halogens is 1. The number of ether oxygens (including phenoxy) is 3. The summed E-state index contributed by atoms with van der Waals surface area (Å²) in [6.45, 7) is 3.16. The van der Waals surface area contributed by atoms with E-state index < -0.39 is 18.5 Å². The van der Waals surface area contributed by atoms with Gasteiger partial charge in [-0.25, -0.2) is 4.79 Å². The van der Waals surface area contributed by atoms with Crippen molar-refractivity contribution in [3.05, 3.63) is 39.7 Å². The van der Waals surface area contributed by atoms with Crippen molar-refractivity contribution in [2.45, 2.75) is 20.0 Å². The fourth-order valence-electron chi connectivity index (χ4n) is 2.06. The van der Waals surface area contributed by atoms with Gasteiger partial charge in [0.2, 0.25) is 0 Å². The number of nitrogens with zero attached hydrogens (tertiary/aromatic N) is 1. The SMILES string of the molecule is COc1cc(C(=O)OCC(=O)Nc2sccc2C#N)cc(Cl)c1OC(C)C. The van der Waals surface area contributed by atoms with Crippen molar-refractivity contribution >= 4 is 39.8 Å². The van der Waals surface area contributed by atoms with E-state index in [1.807, 2.05) is 19.9 Å². The van der Waals surface area contributed by atoms with Gasteiger partial charge in [0.25, 0.3) is 5.91 Å². The van der Waals surface area contributed by atoms with Crippen molar-refractivity contribution < 1.29 is 23.8 Å². The molecule has 142 valence electrons. The van der Waals surface area contributed by atoms with Crippen LogP contribution in [-0.2, 0) is 9.53 Å². The Kier molecular flexibility index (Phi) is 7.05. The van der Waals surface area contributed by atoms with E-state index >= 15 is 0 Å². The molecule has 0 aliphatic carbocycles. The van der Waals surface area contributed by atoms with Crippen molar-refractivity contribution in [2.24, 2.45) is 0 Å². The van der Waals surface area contributed by atoms with Crippen molar-refractivity contribution in [1.29, 1.82) is 5.26 Å². The van der Waals surface area contributed by atoms with E-state index in [0.717, 1.165) is 0 Å². The van der Waals surface area contributed by atoms with Crippen molar-refractivity contribution in [1.82, 2.24) is 0 Å². The van der Waals surface area contributed by atoms with Crippen LogP contribution in [0.2, 0.25) is 5.02 Å². The average molecular weight is 409 g/mol. The topological polar surface area (TPSA) is 97.6 Å². The van der Waals surface area contributed by atoms with Gasteiger partial charge in [-0.05, 0) is 37.4 Å². The summed E-state index contributed by atoms with van der Waals surface area (Å²) >= 11 is 7.37. The first-order chi connectivity index (χ1) is 12.8. The lowest BCUT2D eigenvalue weighted by atomic mass is 10.2. The zero-order valence-electron chi connectivity index (χ0n) is 14.9. The number of amides is 1. The summed E-state index contributed by atoms with van der Waals surface area (Å²) in [6, 6.07) is 6.35. The first kappa shape index (κ1) is 20.6. The second-order valence-corrected chi connectivity index (χ2v) is 6.88. The fraction of sp³-hybridized carbons (Fsp3) is 0.278. The Morgan fingerprint density at radius 1 is 1.37 bits per heavy atom. The molecule has 1 aromatic heterocycles. The molecule has 0 aliphatic rings. The molecule has 0 saturated carbocycles. The molecule has 1 N–H and O–H groups in total. The predicted octanol–water partition coefficient (Wildman–Crippen LogP) is 3.86. The van der Waals surface area contributed by atoms with Crippen LogP contribution in [0, 0.1) is 11.3 Å². The Balaban J connectivity index is 2.04. The maximum atomic E-state index is 12.2. The van der Waals surface area contributed by atoms with E-state index in [-0.39, 0.29) is 22.4 Å². The largest absolute Gasteiger partial charge is 0.493 e. The first-order valence-corrected chi connectivity index (χ1v) is 9.10. The maximum Gasteiger partial charge on any atom is 0.338 e. The minimum Gasteiger partial charge on any atom is -0.493 e. The number of thiophene rings is 1. The van der Waals surface area contributed by atoms with E-state index in [9.17, 15) is 9.59 Å². The Morgan fingerprint density at radius 3 is 2.74 bits per heavy atom. The lowest BCUT2D eigenvalue weighted by Crippen LogP contribution is -2.21. The van der Waals surface area contributed by atoms with Crippen LogP contribution in [0.5, 0.6) is 11.5 Å². The van der Waals surface area contributed by atoms with Gasteiger partial charge in [-0.2, -0.15) is 5.26 Å². The van der Waals surface area contributed by atoms with E-state index in [4.69, 9.17) is 31.1 Å². The third-order valence-corrected chi connectivity index (χ3v) is 4.30. The number of rotatable bonds is 7. The third-order valence-electron chi connectivity index (χ3n) is 3.19. The number of hydrogen-bond donors (Lipinski definition) is 1. The van der Waals surface area contributed by atoms with Gasteiger partial charge in [-0.1, -0.05) is 11.6 Å². The van der Waals surface area contributed by atoms with E-state index in [1.54, 1.807) is 11.4 Å². The van der Waals surface area contributed by atoms with E-state index in [1.165, 1.54) is 30.6 Å². The van der Waals surface area contributed by atoms with Gasteiger partial charge in [0.1, 0.15) is 11.1 Å². The molecule has 0 fully saturated rings. The van der Waals surface area contributed by atoms with Crippen LogP contribution < -0.4 is 14.8 Å². The quantitative estimate of drug-likeness (QED) is 0.698. The number of hydrogen-bond acceptors (Lipinski definition) is 7. The highest BCUT2D eigenvalue weighted by atomic mass is 35.5. The van der Waals surface area contributed by atoms with Gasteiger partial charge in [-0.3, -0.25) is 4.79 Å². The molecule has 0 radical (unpaired) electrons. The van der Waals surface area contributed by atoms with Gasteiger partial charge in [0.05, 0.1) is 29.4 Å². The molecule has 0 bridgehead atoms. The summed E-state index contributed by atoms with van der Waals surface area (Å²) in [4.78, 5) is 24.1. The summed E-state index contributed by atoms with van der Waals surface area (Å²) in [6.07, 6.45) is -0.131. The normalized spacial score (nSPS) is 10.2. The molecule has 0 atom stereocenters. The molecule has 0 unspecified atom stereocenters. The van der Waals surface area contributed by atoms with Crippen molar-refractivity contribution in [3.8, 4) is 17.6 Å². The second kappa shape index (κ2) is 9.26. The highest BCUT2D eigenvalue weighted by molar-refractivity contribution is 7.14. The van der Waals surface area contributed by atoms with Gasteiger partial charge in [0, 0.05) is 0 Å². The zero-order valence-corrected chi connectivity index (χ0v) is 16.4. The molecule has 1 aromatic carbocycles. The number of anilines is 1. The lowest BCUT2D eigenvalue weighted by Gasteiger charge is -2.16. The molecule has 0 spiro atoms. The minimum atomic E-state index is -0.742. The van der Waals surface area contributed by atoms with Gasteiger partial charge < -0.3 is 19.5 Å². The first-order valence-electron chi connectivity index (χ1n) is 7.84. The summed E-state index contributed by atoms with van der Waals surface area (Å²) in [5.74, 6) is -0.691. The van der Waals surface area contributed by atoms with Crippen LogP contribution in [-0.4, -0.2) is 31.7 Å². The predicted molar refractivity (Wildman–Crippen MR) is 102 cm³/mol. The molecule has 2 rings (SSSR count). The number of methoxy groups -OCH3 is 1. The molecular weight excluding hydrogens is 392 g/mol. The highest BCUT2D eigenvalue weighted by Gasteiger charge is 2.19. The summed E-state index contributed by atoms with van der Waals surface area (Å²) in [5, 5.41) is 13.7. The molecule has 9 heteroatoms. The Hall–Kier alpha value is -2.76. The van der Waals surface area contributed by atoms with Crippen molar-refractivity contribution in [2.75, 3.05) is 19.0 Å². The highest BCUT2D eigenvalue weighted by Crippen LogP contribution is 2.37. The van der Waals surface area contributed by atoms with Crippen LogP contribution in [0.25, 0.3) is 0 Å². The van der Waals surface area contributed by atoms with Gasteiger partial charge in [-0.15, -0.1) is 11.3 Å². The van der Waals surface area contributed by atoms with Crippen LogP contribution >= 0.6 is 22.9 Å². The third kappa shape index (κ3) is 5.36. The number of benzene rings is 1. The van der Waals surface area contributed by atoms with Crippen molar-refractivity contribution in [3.63, 3.8) is 0 Å². The summed E-state index contributed by atoms with van der Waals surface area (Å²) in [7, 11) is 1.43. The molecule has 1 amide bonds. The molecular formula is C18H17ClN2O5S. The molecule has 0 saturated heterocycles. The smallest absolute Gasteiger partial charge is 0.338 e. The standard InChI is InChI=1S/C18H17ClN2O5S/c1-10(2)26-16-13(19)6-12(7-14(16)24-3)18(23)25-9-15(22)21-17-11(8-20)4-5-27-17/h4-7,10H,9H2,1-3H3,(H,21,22). The van der Waals surface area contributed by atoms with E-state index in [0.29, 0.717) is 16.3 Å². The number of carbonyl (C=O) groups excluding carboxylic acids is 2. The minimum absolute atomic E-state index is 0.120. The second-order valence-electron chi connectivity index (χ2n) is 5.56. The Bertz CT molecular complexity index is 888. The lowest BCUT2D eigenvalue weighted by molar-refractivity contribution is -0.119. The molecule has 27 heavy (non-hydrogen) atoms. The maximum absolute atomic E-state index is 12.2. The fourth-order valence-corrected chi connectivity index (χ4v) is 3.07. The molecule has 2 aromatic rings. The van der Waals surface area contributed by atoms with Crippen LogP contribution in [0.1, 0.15) is 29.8 Å². The summed E-state index contributed by atoms with van der Waals surface area (Å²) < 4.78 is 15.8. The summed E-state index contributed by atoms with van der Waals surface area (Å²) in [5.41, 5.74) is 0.464. The van der Waals surface area contributed by atoms with Gasteiger partial charge >= 0.3 is 5.97 Å². The molecule has 7 nitrogen and oxygen atoms in total. The number of nitrogens with one attached hydrogen (secondary N) is 1. The zero-order chi connectivity index (χ0) is 20.0.